The Morgan fingerprint density at radius 2 is 2.08 bits per heavy atom. The number of nitrogens with one attached hydrogen (secondary N) is 1. The van der Waals surface area contributed by atoms with Crippen LogP contribution in [0.25, 0.3) is 0 Å². The lowest BCUT2D eigenvalue weighted by Gasteiger charge is -2.14. The van der Waals surface area contributed by atoms with Crippen LogP contribution in [-0.4, -0.2) is 29.0 Å². The zero-order valence-corrected chi connectivity index (χ0v) is 12.9. The second-order valence-corrected chi connectivity index (χ2v) is 5.37. The highest BCUT2D eigenvalue weighted by Crippen LogP contribution is 2.31. The number of nitriles is 1. The molecule has 1 aromatic carbocycles. The summed E-state index contributed by atoms with van der Waals surface area (Å²) in [6, 6.07) is 8.73. The number of carbonyl (C=O) groups excluding carboxylic acids is 2. The number of esters is 1. The first-order valence-electron chi connectivity index (χ1n) is 7.36. The van der Waals surface area contributed by atoms with Crippen LogP contribution in [-0.2, 0) is 11.2 Å². The predicted molar refractivity (Wildman–Crippen MR) is 83.1 cm³/mol. The van der Waals surface area contributed by atoms with Crippen molar-refractivity contribution in [2.45, 2.75) is 18.9 Å². The molecule has 3 rings (SSSR count). The Kier molecular flexibility index (Phi) is 4.20. The molecule has 7 heteroatoms. The molecule has 1 aliphatic carbocycles. The van der Waals surface area contributed by atoms with Gasteiger partial charge in [-0.25, -0.2) is 14.8 Å². The maximum Gasteiger partial charge on any atom is 0.356 e. The molecule has 0 saturated heterocycles. The summed E-state index contributed by atoms with van der Waals surface area (Å²) < 4.78 is 4.59. The van der Waals surface area contributed by atoms with Crippen molar-refractivity contribution in [1.82, 2.24) is 15.3 Å². The monoisotopic (exact) mass is 322 g/mol. The van der Waals surface area contributed by atoms with E-state index in [1.54, 1.807) is 6.07 Å². The smallest absolute Gasteiger partial charge is 0.356 e. The maximum atomic E-state index is 12.4. The largest absolute Gasteiger partial charge is 0.464 e. The summed E-state index contributed by atoms with van der Waals surface area (Å²) in [4.78, 5) is 31.6. The van der Waals surface area contributed by atoms with Gasteiger partial charge in [0, 0.05) is 6.07 Å². The van der Waals surface area contributed by atoms with Crippen molar-refractivity contribution in [3.05, 3.63) is 58.7 Å². The molecule has 1 aliphatic rings. The predicted octanol–water partition coefficient (Wildman–Crippen LogP) is 1.55. The molecule has 7 nitrogen and oxygen atoms in total. The molecule has 1 atom stereocenters. The molecular formula is C17H14N4O3. The highest BCUT2D eigenvalue weighted by atomic mass is 16.5. The van der Waals surface area contributed by atoms with Crippen LogP contribution in [0.4, 0.5) is 0 Å². The number of nitrogens with zero attached hydrogens (tertiary/aromatic N) is 3. The second-order valence-electron chi connectivity index (χ2n) is 5.37. The Bertz CT molecular complexity index is 857. The van der Waals surface area contributed by atoms with Crippen LogP contribution in [0.3, 0.4) is 0 Å². The Hall–Kier alpha value is -3.27. The van der Waals surface area contributed by atoms with Gasteiger partial charge in [-0.1, -0.05) is 6.07 Å². The molecule has 2 aromatic rings. The zero-order chi connectivity index (χ0) is 17.1. The van der Waals surface area contributed by atoms with Crippen LogP contribution >= 0.6 is 0 Å². The Balaban J connectivity index is 1.78. The number of carbonyl (C=O) groups is 2. The van der Waals surface area contributed by atoms with Gasteiger partial charge >= 0.3 is 5.97 Å². The number of fused-ring (bicyclic) bond motifs is 1. The minimum atomic E-state index is -0.623. The second kappa shape index (κ2) is 6.46. The summed E-state index contributed by atoms with van der Waals surface area (Å²) in [6.45, 7) is 0. The highest BCUT2D eigenvalue weighted by Gasteiger charge is 2.25. The number of aryl methyl sites for hydroxylation is 1. The van der Waals surface area contributed by atoms with Crippen LogP contribution in [0.5, 0.6) is 0 Å². The SMILES string of the molecule is COC(=O)c1cc(C(=O)NC2CCc3cc(C#N)ccc32)ncn1. The minimum absolute atomic E-state index is 0.0307. The van der Waals surface area contributed by atoms with E-state index >= 15 is 0 Å². The van der Waals surface area contributed by atoms with Crippen molar-refractivity contribution in [3.63, 3.8) is 0 Å². The van der Waals surface area contributed by atoms with Gasteiger partial charge in [0.2, 0.25) is 0 Å². The molecule has 1 amide bonds. The first kappa shape index (κ1) is 15.6. The molecule has 24 heavy (non-hydrogen) atoms. The minimum Gasteiger partial charge on any atom is -0.464 e. The van der Waals surface area contributed by atoms with Crippen LogP contribution < -0.4 is 5.32 Å². The van der Waals surface area contributed by atoms with E-state index in [9.17, 15) is 9.59 Å². The first-order valence-corrected chi connectivity index (χ1v) is 7.36. The molecule has 1 N–H and O–H groups in total. The quantitative estimate of drug-likeness (QED) is 0.860. The lowest BCUT2D eigenvalue weighted by atomic mass is 10.1. The summed E-state index contributed by atoms with van der Waals surface area (Å²) in [5, 5.41) is 11.9. The lowest BCUT2D eigenvalue weighted by Crippen LogP contribution is -2.28. The number of rotatable bonds is 3. The topological polar surface area (TPSA) is 105 Å². The van der Waals surface area contributed by atoms with Gasteiger partial charge in [-0.3, -0.25) is 4.79 Å². The molecule has 1 unspecified atom stereocenters. The number of ether oxygens (including phenoxy) is 1. The summed E-state index contributed by atoms with van der Waals surface area (Å²) in [6.07, 6.45) is 2.71. The molecular weight excluding hydrogens is 308 g/mol. The number of benzene rings is 1. The zero-order valence-electron chi connectivity index (χ0n) is 12.9. The first-order chi connectivity index (χ1) is 11.6. The van der Waals surface area contributed by atoms with E-state index in [1.807, 2.05) is 12.1 Å². The normalized spacial score (nSPS) is 15.2. The number of aromatic nitrogens is 2. The number of hydrogen-bond donors (Lipinski definition) is 1. The lowest BCUT2D eigenvalue weighted by molar-refractivity contribution is 0.0593. The van der Waals surface area contributed by atoms with E-state index in [0.717, 1.165) is 30.3 Å². The average Bonchev–Trinajstić information content (AvgIpc) is 3.03. The van der Waals surface area contributed by atoms with Gasteiger partial charge < -0.3 is 10.1 Å². The molecule has 0 bridgehead atoms. The van der Waals surface area contributed by atoms with Gasteiger partial charge in [0.05, 0.1) is 24.8 Å². The van der Waals surface area contributed by atoms with Crippen molar-refractivity contribution < 1.29 is 14.3 Å². The fraction of sp³-hybridized carbons (Fsp3) is 0.235. The summed E-state index contributed by atoms with van der Waals surface area (Å²) in [5.41, 5.74) is 2.82. The van der Waals surface area contributed by atoms with Crippen LogP contribution in [0.2, 0.25) is 0 Å². The van der Waals surface area contributed by atoms with Gasteiger partial charge in [-0.2, -0.15) is 5.26 Å². The van der Waals surface area contributed by atoms with E-state index in [4.69, 9.17) is 5.26 Å². The van der Waals surface area contributed by atoms with Gasteiger partial charge in [-0.05, 0) is 36.1 Å². The molecule has 1 heterocycles. The third-order valence-electron chi connectivity index (χ3n) is 3.95. The Labute approximate surface area is 138 Å². The van der Waals surface area contributed by atoms with Gasteiger partial charge in [0.15, 0.2) is 5.69 Å². The summed E-state index contributed by atoms with van der Waals surface area (Å²) in [7, 11) is 1.25. The van der Waals surface area contributed by atoms with E-state index in [1.165, 1.54) is 13.2 Å². The summed E-state index contributed by atoms with van der Waals surface area (Å²) >= 11 is 0. The molecule has 0 saturated carbocycles. The van der Waals surface area contributed by atoms with Crippen LogP contribution in [0, 0.1) is 11.3 Å². The third kappa shape index (κ3) is 2.94. The van der Waals surface area contributed by atoms with E-state index in [0.29, 0.717) is 5.56 Å². The van der Waals surface area contributed by atoms with Crippen LogP contribution in [0.15, 0.2) is 30.6 Å². The van der Waals surface area contributed by atoms with Crippen molar-refractivity contribution in [2.75, 3.05) is 7.11 Å². The van der Waals surface area contributed by atoms with Crippen molar-refractivity contribution >= 4 is 11.9 Å². The van der Waals surface area contributed by atoms with Gasteiger partial charge in [0.25, 0.3) is 5.91 Å². The molecule has 0 radical (unpaired) electrons. The van der Waals surface area contributed by atoms with Gasteiger partial charge in [0.1, 0.15) is 12.0 Å². The molecule has 1 aromatic heterocycles. The van der Waals surface area contributed by atoms with Crippen molar-refractivity contribution in [2.24, 2.45) is 0 Å². The van der Waals surface area contributed by atoms with Crippen molar-refractivity contribution in [1.29, 1.82) is 5.26 Å². The Morgan fingerprint density at radius 1 is 1.29 bits per heavy atom. The van der Waals surface area contributed by atoms with Crippen LogP contribution in [0.1, 0.15) is 50.1 Å². The molecule has 0 aliphatic heterocycles. The summed E-state index contributed by atoms with van der Waals surface area (Å²) in [5.74, 6) is -1.01. The highest BCUT2D eigenvalue weighted by molar-refractivity contribution is 5.95. The molecule has 120 valence electrons. The molecule has 0 spiro atoms. The fourth-order valence-electron chi connectivity index (χ4n) is 2.77. The van der Waals surface area contributed by atoms with E-state index in [-0.39, 0.29) is 23.3 Å². The van der Waals surface area contributed by atoms with Crippen molar-refractivity contribution in [3.8, 4) is 6.07 Å². The maximum absolute atomic E-state index is 12.4. The molecule has 0 fully saturated rings. The average molecular weight is 322 g/mol. The standard InChI is InChI=1S/C17H14N4O3/c1-24-17(23)15-7-14(19-9-20-15)16(22)21-13-5-3-11-6-10(8-18)2-4-12(11)13/h2,4,6-7,9,13H,3,5H2,1H3,(H,21,22). The number of hydrogen-bond acceptors (Lipinski definition) is 6. The Morgan fingerprint density at radius 3 is 2.83 bits per heavy atom. The van der Waals surface area contributed by atoms with E-state index < -0.39 is 5.97 Å². The van der Waals surface area contributed by atoms with Gasteiger partial charge in [-0.15, -0.1) is 0 Å². The number of methoxy groups -OCH3 is 1. The number of amides is 1. The van der Waals surface area contributed by atoms with E-state index in [2.05, 4.69) is 26.1 Å². The fourth-order valence-corrected chi connectivity index (χ4v) is 2.77. The third-order valence-corrected chi connectivity index (χ3v) is 3.95.